The molecule has 0 saturated carbocycles. The predicted octanol–water partition coefficient (Wildman–Crippen LogP) is 2.21. The van der Waals surface area contributed by atoms with Crippen LogP contribution in [0.15, 0.2) is 54.6 Å². The quantitative estimate of drug-likeness (QED) is 0.335. The summed E-state index contributed by atoms with van der Waals surface area (Å²) in [6.45, 7) is 1.76. The number of aromatic hydroxyl groups is 1. The van der Waals surface area contributed by atoms with Crippen molar-refractivity contribution >= 4 is 29.3 Å². The van der Waals surface area contributed by atoms with E-state index < -0.39 is 10.9 Å². The molecular weight excluding hydrogens is 390 g/mol. The molecule has 0 aliphatic carbocycles. The molecule has 2 aromatic carbocycles. The van der Waals surface area contributed by atoms with Gasteiger partial charge < -0.3 is 19.6 Å². The van der Waals surface area contributed by atoms with E-state index in [2.05, 4.69) is 0 Å². The van der Waals surface area contributed by atoms with Crippen LogP contribution in [0.3, 0.4) is 0 Å². The number of rotatable bonds is 6. The Balaban J connectivity index is 1.43. The molecule has 2 aromatic rings. The van der Waals surface area contributed by atoms with Gasteiger partial charge in [-0.25, -0.2) is 4.79 Å². The lowest BCUT2D eigenvalue weighted by molar-refractivity contribution is -0.384. The minimum Gasteiger partial charge on any atom is -0.508 e. The molecule has 3 rings (SSSR count). The number of ether oxygens (including phenoxy) is 1. The van der Waals surface area contributed by atoms with E-state index in [-0.39, 0.29) is 24.0 Å². The van der Waals surface area contributed by atoms with E-state index in [1.54, 1.807) is 29.2 Å². The normalized spacial score (nSPS) is 14.0. The summed E-state index contributed by atoms with van der Waals surface area (Å²) >= 11 is 0. The number of hydrogen-bond acceptors (Lipinski definition) is 7. The fourth-order valence-corrected chi connectivity index (χ4v) is 3.02. The molecule has 1 saturated heterocycles. The molecule has 0 unspecified atom stereocenters. The van der Waals surface area contributed by atoms with Gasteiger partial charge in [0.05, 0.1) is 4.92 Å². The first-order valence-corrected chi connectivity index (χ1v) is 9.33. The minimum atomic E-state index is -0.624. The third kappa shape index (κ3) is 5.57. The SMILES string of the molecule is O=C(/C=C/c1ccc(O)cc1)OCC(=O)N1CCN(c2ccc([N+](=O)[O-])cc2)CC1. The average Bonchev–Trinajstić information content (AvgIpc) is 2.77. The third-order valence-electron chi connectivity index (χ3n) is 4.70. The van der Waals surface area contributed by atoms with Crippen LogP contribution in [0.5, 0.6) is 5.75 Å². The number of phenols is 1. The number of esters is 1. The number of phenolic OH excluding ortho intramolecular Hbond substituents is 1. The maximum absolute atomic E-state index is 12.3. The zero-order valence-electron chi connectivity index (χ0n) is 16.1. The van der Waals surface area contributed by atoms with E-state index in [0.717, 1.165) is 11.3 Å². The zero-order valence-corrected chi connectivity index (χ0v) is 16.1. The Hall–Kier alpha value is -3.88. The van der Waals surface area contributed by atoms with E-state index >= 15 is 0 Å². The van der Waals surface area contributed by atoms with Crippen molar-refractivity contribution in [1.82, 2.24) is 4.90 Å². The minimum absolute atomic E-state index is 0.0360. The maximum atomic E-state index is 12.3. The van der Waals surface area contributed by atoms with Crippen LogP contribution < -0.4 is 4.90 Å². The van der Waals surface area contributed by atoms with Crippen molar-refractivity contribution in [1.29, 1.82) is 0 Å². The number of nitrogens with zero attached hydrogens (tertiary/aromatic N) is 3. The highest BCUT2D eigenvalue weighted by Gasteiger charge is 2.22. The molecule has 0 radical (unpaired) electrons. The Morgan fingerprint density at radius 2 is 1.67 bits per heavy atom. The van der Waals surface area contributed by atoms with Gasteiger partial charge in [0.2, 0.25) is 0 Å². The van der Waals surface area contributed by atoms with Crippen molar-refractivity contribution < 1.29 is 24.4 Å². The molecule has 9 heteroatoms. The van der Waals surface area contributed by atoms with Gasteiger partial charge in [0.25, 0.3) is 11.6 Å². The largest absolute Gasteiger partial charge is 0.508 e. The van der Waals surface area contributed by atoms with Gasteiger partial charge in [-0.2, -0.15) is 0 Å². The van der Waals surface area contributed by atoms with Crippen LogP contribution in [0.2, 0.25) is 0 Å². The first-order valence-electron chi connectivity index (χ1n) is 9.33. The smallest absolute Gasteiger partial charge is 0.331 e. The molecule has 0 aromatic heterocycles. The summed E-state index contributed by atoms with van der Waals surface area (Å²) < 4.78 is 5.01. The molecule has 156 valence electrons. The summed E-state index contributed by atoms with van der Waals surface area (Å²) in [5.74, 6) is -0.764. The standard InChI is InChI=1S/C21H21N3O6/c25-19-8-1-16(2-9-19)3-10-21(27)30-15-20(26)23-13-11-22(12-14-23)17-4-6-18(7-5-17)24(28)29/h1-10,25H,11-15H2/b10-3+. The van der Waals surface area contributed by atoms with Gasteiger partial charge in [0, 0.05) is 50.1 Å². The number of amides is 1. The summed E-state index contributed by atoms with van der Waals surface area (Å²) in [5, 5.41) is 20.0. The number of hydrogen-bond donors (Lipinski definition) is 1. The highest BCUT2D eigenvalue weighted by atomic mass is 16.6. The number of non-ortho nitro benzene ring substituents is 1. The lowest BCUT2D eigenvalue weighted by Crippen LogP contribution is -2.49. The van der Waals surface area contributed by atoms with E-state index in [1.807, 2.05) is 4.90 Å². The van der Waals surface area contributed by atoms with E-state index in [4.69, 9.17) is 4.74 Å². The monoisotopic (exact) mass is 411 g/mol. The van der Waals surface area contributed by atoms with Gasteiger partial charge >= 0.3 is 5.97 Å². The highest BCUT2D eigenvalue weighted by Crippen LogP contribution is 2.20. The van der Waals surface area contributed by atoms with Gasteiger partial charge in [-0.3, -0.25) is 14.9 Å². The predicted molar refractivity (Wildman–Crippen MR) is 110 cm³/mol. The van der Waals surface area contributed by atoms with Crippen LogP contribution in [0.25, 0.3) is 6.08 Å². The van der Waals surface area contributed by atoms with Gasteiger partial charge in [-0.05, 0) is 35.9 Å². The second kappa shape index (κ2) is 9.55. The van der Waals surface area contributed by atoms with Gasteiger partial charge in [0.15, 0.2) is 6.61 Å². The number of carbonyl (C=O) groups excluding carboxylic acids is 2. The lowest BCUT2D eigenvalue weighted by atomic mass is 10.2. The van der Waals surface area contributed by atoms with Gasteiger partial charge in [0.1, 0.15) is 5.75 Å². The summed E-state index contributed by atoms with van der Waals surface area (Å²) in [6.07, 6.45) is 2.77. The van der Waals surface area contributed by atoms with Crippen molar-refractivity contribution in [3.8, 4) is 5.75 Å². The molecule has 1 heterocycles. The number of nitro groups is 1. The molecule has 0 spiro atoms. The summed E-state index contributed by atoms with van der Waals surface area (Å²) in [5.41, 5.74) is 1.62. The van der Waals surface area contributed by atoms with Crippen molar-refractivity contribution in [3.63, 3.8) is 0 Å². The summed E-state index contributed by atoms with van der Waals surface area (Å²) in [6, 6.07) is 12.6. The number of benzene rings is 2. The number of nitro benzene ring substituents is 1. The average molecular weight is 411 g/mol. The second-order valence-corrected chi connectivity index (χ2v) is 6.67. The molecule has 1 aliphatic rings. The first kappa shape index (κ1) is 20.8. The van der Waals surface area contributed by atoms with Crippen LogP contribution in [0, 0.1) is 10.1 Å². The number of anilines is 1. The fourth-order valence-electron chi connectivity index (χ4n) is 3.02. The van der Waals surface area contributed by atoms with Crippen molar-refractivity contribution in [2.24, 2.45) is 0 Å². The molecule has 30 heavy (non-hydrogen) atoms. The first-order chi connectivity index (χ1) is 14.4. The zero-order chi connectivity index (χ0) is 21.5. The summed E-state index contributed by atoms with van der Waals surface area (Å²) in [4.78, 5) is 38.0. The Labute approximate surface area is 172 Å². The van der Waals surface area contributed by atoms with Crippen molar-refractivity contribution in [3.05, 3.63) is 70.3 Å². The highest BCUT2D eigenvalue weighted by molar-refractivity contribution is 5.89. The molecule has 1 aliphatic heterocycles. The fraction of sp³-hybridized carbons (Fsp3) is 0.238. The molecule has 9 nitrogen and oxygen atoms in total. The van der Waals surface area contributed by atoms with Gasteiger partial charge in [-0.1, -0.05) is 12.1 Å². The molecule has 0 atom stereocenters. The lowest BCUT2D eigenvalue weighted by Gasteiger charge is -2.36. The van der Waals surface area contributed by atoms with Crippen LogP contribution in [-0.4, -0.2) is 59.6 Å². The van der Waals surface area contributed by atoms with Crippen LogP contribution in [0.4, 0.5) is 11.4 Å². The molecule has 1 fully saturated rings. The van der Waals surface area contributed by atoms with Crippen LogP contribution >= 0.6 is 0 Å². The Kier molecular flexibility index (Phi) is 6.63. The third-order valence-corrected chi connectivity index (χ3v) is 4.70. The van der Waals surface area contributed by atoms with Gasteiger partial charge in [-0.15, -0.1) is 0 Å². The molecule has 1 amide bonds. The number of carbonyl (C=O) groups is 2. The van der Waals surface area contributed by atoms with Crippen molar-refractivity contribution in [2.45, 2.75) is 0 Å². The Morgan fingerprint density at radius 1 is 1.03 bits per heavy atom. The molecular formula is C21H21N3O6. The molecule has 0 bridgehead atoms. The van der Waals surface area contributed by atoms with E-state index in [9.17, 15) is 24.8 Å². The van der Waals surface area contributed by atoms with E-state index in [1.165, 1.54) is 36.4 Å². The van der Waals surface area contributed by atoms with E-state index in [0.29, 0.717) is 26.2 Å². The maximum Gasteiger partial charge on any atom is 0.331 e. The second-order valence-electron chi connectivity index (χ2n) is 6.67. The topological polar surface area (TPSA) is 113 Å². The molecule has 1 N–H and O–H groups in total. The number of piperazine rings is 1. The van der Waals surface area contributed by atoms with Crippen LogP contribution in [0.1, 0.15) is 5.56 Å². The summed E-state index contributed by atoms with van der Waals surface area (Å²) in [7, 11) is 0. The Bertz CT molecular complexity index is 932. The Morgan fingerprint density at radius 3 is 2.27 bits per heavy atom. The van der Waals surface area contributed by atoms with Crippen LogP contribution in [-0.2, 0) is 14.3 Å². The van der Waals surface area contributed by atoms with Crippen molar-refractivity contribution in [2.75, 3.05) is 37.7 Å².